The van der Waals surface area contributed by atoms with E-state index in [0.717, 1.165) is 0 Å². The van der Waals surface area contributed by atoms with Gasteiger partial charge in [-0.15, -0.1) is 0 Å². The van der Waals surface area contributed by atoms with Gasteiger partial charge in [0.2, 0.25) is 70.9 Å². The second-order valence-corrected chi connectivity index (χ2v) is 29.0. The summed E-state index contributed by atoms with van der Waals surface area (Å²) in [6, 6.07) is 0. The molecule has 18 aliphatic rings. The van der Waals surface area contributed by atoms with Gasteiger partial charge in [-0.25, -0.2) is 0 Å². The second-order valence-electron chi connectivity index (χ2n) is 29.0. The summed E-state index contributed by atoms with van der Waals surface area (Å²) < 4.78 is 0. The Labute approximate surface area is 540 Å². The highest BCUT2D eigenvalue weighted by atomic mass is 16.2. The van der Waals surface area contributed by atoms with Gasteiger partial charge < -0.3 is 31.1 Å². The van der Waals surface area contributed by atoms with Crippen molar-refractivity contribution in [1.29, 1.82) is 0 Å². The van der Waals surface area contributed by atoms with Crippen LogP contribution in [0.2, 0.25) is 0 Å². The maximum absolute atomic E-state index is 13.8. The third-order valence-corrected chi connectivity index (χ3v) is 24.7. The third-order valence-electron chi connectivity index (χ3n) is 24.7. The van der Waals surface area contributed by atoms with Crippen LogP contribution in [0, 0.1) is 136 Å². The zero-order chi connectivity index (χ0) is 64.2. The zero-order valence-electron chi connectivity index (χ0n) is 52.5. The van der Waals surface area contributed by atoms with Crippen LogP contribution in [0.15, 0.2) is 97.2 Å². The van der Waals surface area contributed by atoms with Crippen molar-refractivity contribution in [2.75, 3.05) is 91.6 Å². The Bertz CT molecular complexity index is 3250. The molecule has 0 aromatic carbocycles. The summed E-state index contributed by atoms with van der Waals surface area (Å²) in [5, 5.41) is 11.6. The Morgan fingerprint density at radius 3 is 0.828 bits per heavy atom. The fraction of sp³-hybridized carbons (Fsp3) is 0.606. The van der Waals surface area contributed by atoms with Gasteiger partial charge in [-0.2, -0.15) is 0 Å². The lowest BCUT2D eigenvalue weighted by molar-refractivity contribution is -0.141. The number of hydrogen-bond donors (Lipinski definition) is 4. The molecule has 0 spiro atoms. The standard InChI is InChI=1S/C71H84N10O12/c1-37-5-6-38(37)45-3-2-4-52-57(45)65(87)78(64(52)86)31-23-72-53(82)19-27-76(28-20-54(83)73-24-32-79-66(88)58-46-13-14-47(59(58)67(79)89)40-8-7-39(40)46)35-36-77(29-21-55(84)74-25-33-80-68(90)60-48-15-16-49(61(60)69(80)91)42-10-9-41(42)48)30-22-56(85)75-26-34-81-70(92)62-50-17-18-51(63(62)71(81)93)44-12-11-43(44)50/h2-3,5-18,37-52,57-63H,4,19-36H2,1H3,(H,72,82)(H,73,83)(H,74,84)(H,75,85)/t37?,38-,39+,40?,41-,42?,43+,44?,45?,46?,47?,48?,49?,50?,51?,52?,57?,58?,59?,60?,61?,62?,63?/m1/s1. The van der Waals surface area contributed by atoms with E-state index in [1.165, 1.54) is 19.6 Å². The molecule has 18 rings (SSSR count). The summed E-state index contributed by atoms with van der Waals surface area (Å²) in [5.74, 6) is -4.11. The Hall–Kier alpha value is -7.72. The largest absolute Gasteiger partial charge is 0.354 e. The Morgan fingerprint density at radius 2 is 0.570 bits per heavy atom. The first-order valence-corrected chi connectivity index (χ1v) is 34.4. The molecule has 4 aliphatic heterocycles. The average molecular weight is 1270 g/mol. The highest BCUT2D eigenvalue weighted by molar-refractivity contribution is 6.08. The van der Waals surface area contributed by atoms with E-state index in [-0.39, 0.29) is 271 Å². The number of carbonyl (C=O) groups is 12. The van der Waals surface area contributed by atoms with Gasteiger partial charge in [0.1, 0.15) is 0 Å². The van der Waals surface area contributed by atoms with Crippen LogP contribution in [0.5, 0.6) is 0 Å². The van der Waals surface area contributed by atoms with Crippen molar-refractivity contribution in [2.24, 2.45) is 136 Å². The van der Waals surface area contributed by atoms with Crippen LogP contribution in [-0.2, 0) is 57.5 Å². The second kappa shape index (κ2) is 24.6. The molecule has 22 nitrogen and oxygen atoms in total. The summed E-state index contributed by atoms with van der Waals surface area (Å²) in [6.07, 6.45) is 34.2. The highest BCUT2D eigenvalue weighted by Crippen LogP contribution is 2.61. The van der Waals surface area contributed by atoms with E-state index in [1.54, 1.807) is 0 Å². The summed E-state index contributed by atoms with van der Waals surface area (Å²) in [5.41, 5.74) is 0. The van der Waals surface area contributed by atoms with E-state index >= 15 is 0 Å². The predicted octanol–water partition coefficient (Wildman–Crippen LogP) is 1.27. The maximum atomic E-state index is 13.8. The van der Waals surface area contributed by atoms with Crippen LogP contribution in [0.4, 0.5) is 0 Å². The summed E-state index contributed by atoms with van der Waals surface area (Å²) >= 11 is 0. The van der Waals surface area contributed by atoms with Gasteiger partial charge in [0, 0.05) is 117 Å². The van der Waals surface area contributed by atoms with E-state index in [0.29, 0.717) is 12.3 Å². The number of fused-ring (bicyclic) bond motifs is 1. The number of rotatable bonds is 28. The van der Waals surface area contributed by atoms with Crippen molar-refractivity contribution in [3.8, 4) is 0 Å². The van der Waals surface area contributed by atoms with Crippen molar-refractivity contribution in [2.45, 2.75) is 39.0 Å². The average Bonchev–Trinajstić information content (AvgIpc) is 1.65. The lowest BCUT2D eigenvalue weighted by Gasteiger charge is -2.51. The summed E-state index contributed by atoms with van der Waals surface area (Å²) in [6.45, 7) is 3.82. The van der Waals surface area contributed by atoms with Crippen molar-refractivity contribution >= 4 is 70.9 Å². The van der Waals surface area contributed by atoms with Crippen LogP contribution < -0.4 is 21.3 Å². The maximum Gasteiger partial charge on any atom is 0.233 e. The topological polar surface area (TPSA) is 272 Å². The molecule has 7 fully saturated rings. The number of nitrogens with one attached hydrogen (secondary N) is 4. The molecule has 490 valence electrons. The molecule has 0 aromatic heterocycles. The third kappa shape index (κ3) is 10.4. The number of hydrogen-bond acceptors (Lipinski definition) is 14. The minimum absolute atomic E-state index is 0.00486. The number of allylic oxidation sites excluding steroid dienone is 16. The van der Waals surface area contributed by atoms with Crippen LogP contribution in [0.25, 0.3) is 0 Å². The molecule has 0 aromatic rings. The van der Waals surface area contributed by atoms with Crippen LogP contribution in [0.1, 0.15) is 39.0 Å². The number of imide groups is 4. The highest BCUT2D eigenvalue weighted by Gasteiger charge is 2.66. The van der Waals surface area contributed by atoms with Crippen LogP contribution in [0.3, 0.4) is 0 Å². The first kappa shape index (κ1) is 61.5. The number of amides is 12. The molecule has 4 N–H and O–H groups in total. The number of nitrogens with zero attached hydrogens (tertiary/aromatic N) is 6. The van der Waals surface area contributed by atoms with Gasteiger partial charge >= 0.3 is 0 Å². The molecular weight excluding hydrogens is 1180 g/mol. The molecule has 12 amide bonds. The van der Waals surface area contributed by atoms with Crippen molar-refractivity contribution < 1.29 is 57.5 Å². The first-order valence-electron chi connectivity index (χ1n) is 34.4. The van der Waals surface area contributed by atoms with Gasteiger partial charge in [0.25, 0.3) is 0 Å². The minimum Gasteiger partial charge on any atom is -0.354 e. The van der Waals surface area contributed by atoms with Gasteiger partial charge in [0.05, 0.1) is 47.3 Å². The van der Waals surface area contributed by atoms with E-state index < -0.39 is 47.3 Å². The monoisotopic (exact) mass is 1270 g/mol. The summed E-state index contributed by atoms with van der Waals surface area (Å²) in [4.78, 5) is 174. The smallest absolute Gasteiger partial charge is 0.233 e. The molecule has 4 heterocycles. The molecule has 0 radical (unpaired) electrons. The lowest BCUT2D eigenvalue weighted by Crippen LogP contribution is -2.50. The van der Waals surface area contributed by atoms with Crippen molar-refractivity contribution in [3.63, 3.8) is 0 Å². The predicted molar refractivity (Wildman–Crippen MR) is 334 cm³/mol. The normalized spacial score (nSPS) is 38.7. The van der Waals surface area contributed by atoms with Crippen LogP contribution in [-0.4, -0.2) is 192 Å². The van der Waals surface area contributed by atoms with Crippen LogP contribution >= 0.6 is 0 Å². The van der Waals surface area contributed by atoms with Gasteiger partial charge in [-0.05, 0) is 95.2 Å². The van der Waals surface area contributed by atoms with Crippen molar-refractivity contribution in [1.82, 2.24) is 50.7 Å². The van der Waals surface area contributed by atoms with Gasteiger partial charge in [-0.1, -0.05) is 104 Å². The Morgan fingerprint density at radius 1 is 0.323 bits per heavy atom. The molecule has 93 heavy (non-hydrogen) atoms. The first-order chi connectivity index (χ1) is 45.1. The van der Waals surface area contributed by atoms with Gasteiger partial charge in [-0.3, -0.25) is 77.1 Å². The fourth-order valence-corrected chi connectivity index (χ4v) is 19.6. The Kier molecular flexibility index (Phi) is 16.2. The Balaban J connectivity index is 0.573. The lowest BCUT2D eigenvalue weighted by atomic mass is 9.50. The molecule has 14 aliphatic carbocycles. The van der Waals surface area contributed by atoms with Crippen molar-refractivity contribution in [3.05, 3.63) is 97.2 Å². The molecule has 23 atom stereocenters. The molecular formula is C71H84N10O12. The van der Waals surface area contributed by atoms with Gasteiger partial charge in [0.15, 0.2) is 0 Å². The van der Waals surface area contributed by atoms with E-state index in [9.17, 15) is 57.5 Å². The SMILES string of the molecule is CC1C=C[C@H]1C1C=CCC2C(=O)N(CCNC(=O)CCN(CCC(=O)NCCN3C(=O)C4C5C=CC(C4C3=O)[C@H]3C=CC53)CCN(CCC(=O)NCCN3C(=O)C4C5C=CC(C4C3=O)[C@@H]3C=CC53)CCC(=O)NCCN3C(=O)C4C5C=CC(C4C3=O)[C@H]3C=CC53)C(=O)C21. The molecule has 19 unspecified atom stereocenters. The molecule has 4 saturated heterocycles. The van der Waals surface area contributed by atoms with E-state index in [2.05, 4.69) is 119 Å². The molecule has 22 heteroatoms. The van der Waals surface area contributed by atoms with E-state index in [1.807, 2.05) is 15.9 Å². The molecule has 6 bridgehead atoms. The zero-order valence-corrected chi connectivity index (χ0v) is 52.5. The number of likely N-dealkylation sites (tertiary alicyclic amines) is 4. The minimum atomic E-state index is -0.436. The summed E-state index contributed by atoms with van der Waals surface area (Å²) in [7, 11) is 0. The fourth-order valence-electron chi connectivity index (χ4n) is 19.6. The molecule has 3 saturated carbocycles. The van der Waals surface area contributed by atoms with E-state index in [4.69, 9.17) is 0 Å². The quantitative estimate of drug-likeness (QED) is 0.0635. The number of carbonyl (C=O) groups excluding carboxylic acids is 12.